The molecule has 2 rings (SSSR count). The number of amides is 1. The minimum atomic E-state index is -0.500. The highest BCUT2D eigenvalue weighted by molar-refractivity contribution is 6.31. The molecule has 1 aromatic carbocycles. The second kappa shape index (κ2) is 5.67. The van der Waals surface area contributed by atoms with Crippen molar-refractivity contribution >= 4 is 17.5 Å². The molecule has 1 heterocycles. The standard InChI is InChI=1S/C13H16ClFN2O/c1-16-10-3-2-6-17(8-10)13(18)9-4-5-12(15)11(14)7-9/h4-5,7,10,16H,2-3,6,8H2,1H3. The van der Waals surface area contributed by atoms with E-state index in [-0.39, 0.29) is 10.9 Å². The first-order valence-electron chi connectivity index (χ1n) is 6.03. The summed E-state index contributed by atoms with van der Waals surface area (Å²) in [6.45, 7) is 1.43. The summed E-state index contributed by atoms with van der Waals surface area (Å²) in [5.41, 5.74) is 0.443. The van der Waals surface area contributed by atoms with Crippen LogP contribution >= 0.6 is 11.6 Å². The third-order valence-electron chi connectivity index (χ3n) is 3.28. The molecule has 1 aliphatic heterocycles. The Morgan fingerprint density at radius 2 is 2.33 bits per heavy atom. The topological polar surface area (TPSA) is 32.3 Å². The summed E-state index contributed by atoms with van der Waals surface area (Å²) < 4.78 is 13.1. The van der Waals surface area contributed by atoms with E-state index < -0.39 is 5.82 Å². The predicted molar refractivity (Wildman–Crippen MR) is 69.4 cm³/mol. The van der Waals surface area contributed by atoms with Crippen molar-refractivity contribution in [3.8, 4) is 0 Å². The number of likely N-dealkylation sites (N-methyl/N-ethyl adjacent to an activating group) is 1. The van der Waals surface area contributed by atoms with Crippen LogP contribution in [0.1, 0.15) is 23.2 Å². The van der Waals surface area contributed by atoms with Crippen LogP contribution in [-0.2, 0) is 0 Å². The molecular weight excluding hydrogens is 255 g/mol. The second-order valence-electron chi connectivity index (χ2n) is 4.51. The number of hydrogen-bond donors (Lipinski definition) is 1. The van der Waals surface area contributed by atoms with Crippen molar-refractivity contribution in [2.24, 2.45) is 0 Å². The average Bonchev–Trinajstić information content (AvgIpc) is 2.41. The zero-order valence-electron chi connectivity index (χ0n) is 10.2. The molecule has 1 unspecified atom stereocenters. The highest BCUT2D eigenvalue weighted by atomic mass is 35.5. The van der Waals surface area contributed by atoms with Gasteiger partial charge in [0.2, 0.25) is 0 Å². The fourth-order valence-corrected chi connectivity index (χ4v) is 2.39. The van der Waals surface area contributed by atoms with E-state index in [4.69, 9.17) is 11.6 Å². The van der Waals surface area contributed by atoms with Gasteiger partial charge in [0.05, 0.1) is 5.02 Å². The number of carbonyl (C=O) groups is 1. The molecule has 18 heavy (non-hydrogen) atoms. The van der Waals surface area contributed by atoms with Gasteiger partial charge in [0.15, 0.2) is 0 Å². The van der Waals surface area contributed by atoms with Gasteiger partial charge in [-0.15, -0.1) is 0 Å². The summed E-state index contributed by atoms with van der Waals surface area (Å²) in [6, 6.07) is 4.43. The number of carbonyl (C=O) groups excluding carboxylic acids is 1. The van der Waals surface area contributed by atoms with E-state index >= 15 is 0 Å². The molecule has 98 valence electrons. The van der Waals surface area contributed by atoms with Crippen molar-refractivity contribution in [1.29, 1.82) is 0 Å². The van der Waals surface area contributed by atoms with Crippen molar-refractivity contribution in [3.63, 3.8) is 0 Å². The number of benzene rings is 1. The molecule has 0 radical (unpaired) electrons. The highest BCUT2D eigenvalue weighted by Crippen LogP contribution is 2.19. The molecule has 3 nitrogen and oxygen atoms in total. The maximum Gasteiger partial charge on any atom is 0.253 e. The van der Waals surface area contributed by atoms with Gasteiger partial charge in [0.25, 0.3) is 5.91 Å². The van der Waals surface area contributed by atoms with Crippen LogP contribution in [0.2, 0.25) is 5.02 Å². The Balaban J connectivity index is 2.12. The number of likely N-dealkylation sites (tertiary alicyclic amines) is 1. The number of nitrogens with one attached hydrogen (secondary N) is 1. The molecule has 1 atom stereocenters. The Hall–Kier alpha value is -1.13. The number of nitrogens with zero attached hydrogens (tertiary/aromatic N) is 1. The summed E-state index contributed by atoms with van der Waals surface area (Å²) in [4.78, 5) is 14.0. The summed E-state index contributed by atoms with van der Waals surface area (Å²) in [7, 11) is 1.90. The lowest BCUT2D eigenvalue weighted by Crippen LogP contribution is -2.46. The maximum absolute atomic E-state index is 13.1. The minimum Gasteiger partial charge on any atom is -0.337 e. The molecule has 1 aromatic rings. The zero-order chi connectivity index (χ0) is 13.1. The Kier molecular flexibility index (Phi) is 4.19. The van der Waals surface area contributed by atoms with Gasteiger partial charge < -0.3 is 10.2 Å². The van der Waals surface area contributed by atoms with E-state index in [1.54, 1.807) is 4.90 Å². The summed E-state index contributed by atoms with van der Waals surface area (Å²) in [6.07, 6.45) is 2.05. The SMILES string of the molecule is CNC1CCCN(C(=O)c2ccc(F)c(Cl)c2)C1. The molecule has 1 N–H and O–H groups in total. The van der Waals surface area contributed by atoms with Crippen LogP contribution in [-0.4, -0.2) is 37.0 Å². The van der Waals surface area contributed by atoms with Crippen LogP contribution in [0.3, 0.4) is 0 Å². The Morgan fingerprint density at radius 1 is 1.56 bits per heavy atom. The number of halogens is 2. The van der Waals surface area contributed by atoms with Gasteiger partial charge in [-0.3, -0.25) is 4.79 Å². The lowest BCUT2D eigenvalue weighted by Gasteiger charge is -2.32. The van der Waals surface area contributed by atoms with Crippen molar-refractivity contribution < 1.29 is 9.18 Å². The fourth-order valence-electron chi connectivity index (χ4n) is 2.21. The Morgan fingerprint density at radius 3 is 3.00 bits per heavy atom. The van der Waals surface area contributed by atoms with Crippen molar-refractivity contribution in [2.45, 2.75) is 18.9 Å². The fraction of sp³-hybridized carbons (Fsp3) is 0.462. The number of rotatable bonds is 2. The van der Waals surface area contributed by atoms with E-state index in [9.17, 15) is 9.18 Å². The largest absolute Gasteiger partial charge is 0.337 e. The molecule has 5 heteroatoms. The first-order chi connectivity index (χ1) is 8.61. The lowest BCUT2D eigenvalue weighted by molar-refractivity contribution is 0.0698. The molecule has 0 aromatic heterocycles. The van der Waals surface area contributed by atoms with Gasteiger partial charge in [-0.05, 0) is 38.1 Å². The van der Waals surface area contributed by atoms with Crippen LogP contribution in [0.25, 0.3) is 0 Å². The minimum absolute atomic E-state index is 0.0111. The third-order valence-corrected chi connectivity index (χ3v) is 3.57. The normalized spacial score (nSPS) is 19.9. The predicted octanol–water partition coefficient (Wildman–Crippen LogP) is 2.30. The van der Waals surface area contributed by atoms with Crippen LogP contribution < -0.4 is 5.32 Å². The second-order valence-corrected chi connectivity index (χ2v) is 4.92. The Bertz CT molecular complexity index is 453. The molecule has 1 amide bonds. The van der Waals surface area contributed by atoms with Gasteiger partial charge >= 0.3 is 0 Å². The van der Waals surface area contributed by atoms with E-state index in [0.29, 0.717) is 18.2 Å². The van der Waals surface area contributed by atoms with Gasteiger partial charge in [0.1, 0.15) is 5.82 Å². The van der Waals surface area contributed by atoms with Crippen molar-refractivity contribution in [2.75, 3.05) is 20.1 Å². The van der Waals surface area contributed by atoms with Gasteiger partial charge in [-0.25, -0.2) is 4.39 Å². The first kappa shape index (κ1) is 13.3. The third kappa shape index (κ3) is 2.82. The van der Waals surface area contributed by atoms with E-state index in [1.165, 1.54) is 18.2 Å². The van der Waals surface area contributed by atoms with Gasteiger partial charge in [-0.1, -0.05) is 11.6 Å². The molecule has 1 saturated heterocycles. The van der Waals surface area contributed by atoms with Crippen LogP contribution in [0.5, 0.6) is 0 Å². The zero-order valence-corrected chi connectivity index (χ0v) is 11.0. The van der Waals surface area contributed by atoms with Gasteiger partial charge in [0, 0.05) is 24.7 Å². The van der Waals surface area contributed by atoms with Crippen LogP contribution in [0.15, 0.2) is 18.2 Å². The number of hydrogen-bond acceptors (Lipinski definition) is 2. The number of piperidine rings is 1. The summed E-state index contributed by atoms with van der Waals surface area (Å²) >= 11 is 5.69. The van der Waals surface area contributed by atoms with E-state index in [0.717, 1.165) is 19.4 Å². The summed E-state index contributed by atoms with van der Waals surface area (Å²) in [5.74, 6) is -0.586. The van der Waals surface area contributed by atoms with Crippen molar-refractivity contribution in [3.05, 3.63) is 34.6 Å². The summed E-state index contributed by atoms with van der Waals surface area (Å²) in [5, 5.41) is 3.17. The van der Waals surface area contributed by atoms with E-state index in [2.05, 4.69) is 5.32 Å². The smallest absolute Gasteiger partial charge is 0.253 e. The van der Waals surface area contributed by atoms with Crippen LogP contribution in [0, 0.1) is 5.82 Å². The van der Waals surface area contributed by atoms with Crippen molar-refractivity contribution in [1.82, 2.24) is 10.2 Å². The molecule has 0 aliphatic carbocycles. The van der Waals surface area contributed by atoms with Crippen LogP contribution in [0.4, 0.5) is 4.39 Å². The first-order valence-corrected chi connectivity index (χ1v) is 6.41. The average molecular weight is 271 g/mol. The molecule has 0 spiro atoms. The molecular formula is C13H16ClFN2O. The lowest BCUT2D eigenvalue weighted by atomic mass is 10.0. The highest BCUT2D eigenvalue weighted by Gasteiger charge is 2.23. The molecule has 1 fully saturated rings. The molecule has 0 bridgehead atoms. The molecule has 0 saturated carbocycles. The quantitative estimate of drug-likeness (QED) is 0.894. The monoisotopic (exact) mass is 270 g/mol. The maximum atomic E-state index is 13.1. The Labute approximate surface area is 111 Å². The van der Waals surface area contributed by atoms with Gasteiger partial charge in [-0.2, -0.15) is 0 Å². The van der Waals surface area contributed by atoms with E-state index in [1.807, 2.05) is 7.05 Å². The molecule has 1 aliphatic rings.